The van der Waals surface area contributed by atoms with Crippen LogP contribution in [0.5, 0.6) is 0 Å². The maximum absolute atomic E-state index is 13.8. The Hall–Kier alpha value is -5.40. The van der Waals surface area contributed by atoms with E-state index in [0.29, 0.717) is 22.3 Å². The molecule has 49 heavy (non-hydrogen) atoms. The van der Waals surface area contributed by atoms with Crippen molar-refractivity contribution in [3.05, 3.63) is 75.4 Å². The summed E-state index contributed by atoms with van der Waals surface area (Å²) in [6.45, 7) is 5.92. The zero-order valence-electron chi connectivity index (χ0n) is 26.5. The monoisotopic (exact) mass is 706 g/mol. The SMILES string of the molecule is Cc1c(/C=C/C(=O)[O-])c2cc3[n-]c(cc4nc(cc5nc(cc1[n-]2)[C@@](C)(CC(=O)[O-])C5=O)[C@@](C)(CC(=O)[O-])C4=O)c(C)c3CCC(=O)[O-].[Fe]. The summed E-state index contributed by atoms with van der Waals surface area (Å²) >= 11 is 0. The third-order valence-electron chi connectivity index (χ3n) is 8.83. The fourth-order valence-electron chi connectivity index (χ4n) is 6.07. The molecule has 0 saturated carbocycles. The molecule has 0 fully saturated rings. The molecule has 3 aromatic rings. The van der Waals surface area contributed by atoms with Gasteiger partial charge >= 0.3 is 0 Å². The number of carboxylic acids is 4. The first-order chi connectivity index (χ1) is 22.4. The van der Waals surface area contributed by atoms with Crippen molar-refractivity contribution >= 4 is 63.6 Å². The standard InChI is InChI=1S/C34H32N4O10.Fe/c1-15-17(5-7-27(39)40)21-10-22-18(6-8-28(41)42)16(2)20(36-22)11-25-33(3,13-29(43)44)32(48)24(38-25)12-26-34(4,14-30(45)46)31(47)23(37-26)9-19(15)35-21;/h6,8-12H,5,7,13-14H2,1-4H3,(H6,35,36,37,38,39,40,41,42,43,44,45,46,47,48);/p-6/b8-6+;/t33-,34-;/m1./s1. The number of carbonyl (C=O) groups excluding carboxylic acids is 6. The number of carboxylic acid groups (broad SMARTS) is 4. The number of aliphatic carboxylic acids is 4. The number of ketones is 2. The van der Waals surface area contributed by atoms with E-state index in [2.05, 4.69) is 19.9 Å². The Morgan fingerprint density at radius 3 is 1.76 bits per heavy atom. The third kappa shape index (κ3) is 6.67. The van der Waals surface area contributed by atoms with E-state index in [1.54, 1.807) is 13.8 Å². The molecule has 8 bridgehead atoms. The average Bonchev–Trinajstić information content (AvgIpc) is 3.58. The molecule has 0 aromatic carbocycles. The zero-order chi connectivity index (χ0) is 35.3. The number of rotatable bonds is 9. The van der Waals surface area contributed by atoms with Gasteiger partial charge in [-0.05, 0) is 64.3 Å². The maximum Gasteiger partial charge on any atom is 0.193 e. The van der Waals surface area contributed by atoms with Crippen molar-refractivity contribution in [2.24, 2.45) is 0 Å². The van der Waals surface area contributed by atoms with Crippen LogP contribution in [0.4, 0.5) is 0 Å². The minimum absolute atomic E-state index is 0. The molecule has 0 spiro atoms. The van der Waals surface area contributed by atoms with Crippen LogP contribution >= 0.6 is 0 Å². The summed E-state index contributed by atoms with van der Waals surface area (Å²) in [7, 11) is 0. The second-order valence-electron chi connectivity index (χ2n) is 12.2. The van der Waals surface area contributed by atoms with Crippen molar-refractivity contribution in [3.63, 3.8) is 0 Å². The summed E-state index contributed by atoms with van der Waals surface area (Å²) < 4.78 is 0. The smallest absolute Gasteiger partial charge is 0.193 e. The Labute approximate surface area is 288 Å². The van der Waals surface area contributed by atoms with E-state index in [0.717, 1.165) is 12.1 Å². The predicted molar refractivity (Wildman–Crippen MR) is 158 cm³/mol. The van der Waals surface area contributed by atoms with Crippen molar-refractivity contribution < 1.29 is 66.3 Å². The quantitative estimate of drug-likeness (QED) is 0.176. The maximum atomic E-state index is 13.8. The van der Waals surface area contributed by atoms with Gasteiger partial charge in [-0.3, -0.25) is 9.59 Å². The molecule has 256 valence electrons. The summed E-state index contributed by atoms with van der Waals surface area (Å²) in [5.74, 6) is -7.43. The van der Waals surface area contributed by atoms with Crippen LogP contribution in [0.15, 0.2) is 30.3 Å². The zero-order valence-corrected chi connectivity index (χ0v) is 27.6. The van der Waals surface area contributed by atoms with Crippen LogP contribution in [0.2, 0.25) is 0 Å². The average molecular weight is 706 g/mol. The topological polar surface area (TPSA) is 249 Å². The molecule has 0 aliphatic carbocycles. The van der Waals surface area contributed by atoms with E-state index in [9.17, 15) is 49.2 Å². The van der Waals surface area contributed by atoms with Crippen LogP contribution in [-0.2, 0) is 53.5 Å². The Balaban J connectivity index is 0.00000541. The molecule has 0 saturated heterocycles. The Morgan fingerprint density at radius 1 is 0.714 bits per heavy atom. The minimum Gasteiger partial charge on any atom is -0.657 e. The number of aromatic nitrogens is 4. The molecule has 0 amide bonds. The van der Waals surface area contributed by atoms with Gasteiger partial charge < -0.3 is 49.6 Å². The summed E-state index contributed by atoms with van der Waals surface area (Å²) in [6.07, 6.45) is 0.0268. The minimum atomic E-state index is -1.80. The van der Waals surface area contributed by atoms with Gasteiger partial charge in [-0.1, -0.05) is 34.9 Å². The number of Topliss-reactive ketones (excluding diaryl/α,β-unsaturated/α-hetero) is 2. The second kappa shape index (κ2) is 13.2. The predicted octanol–water partition coefficient (Wildman–Crippen LogP) is -1.81. The normalized spacial score (nSPS) is 18.8. The van der Waals surface area contributed by atoms with Gasteiger partial charge in [0.25, 0.3) is 0 Å². The van der Waals surface area contributed by atoms with Gasteiger partial charge in [0.15, 0.2) is 11.6 Å². The van der Waals surface area contributed by atoms with E-state index >= 15 is 0 Å². The Bertz CT molecular complexity index is 2160. The number of nitrogens with zero attached hydrogens (tertiary/aromatic N) is 4. The van der Waals surface area contributed by atoms with Gasteiger partial charge in [-0.2, -0.15) is 0 Å². The number of aryl methyl sites for hydroxylation is 3. The van der Waals surface area contributed by atoms with E-state index < -0.39 is 59.1 Å². The molecule has 15 heteroatoms. The molecule has 2 aliphatic rings. The van der Waals surface area contributed by atoms with Crippen LogP contribution in [0.1, 0.15) is 87.7 Å². The molecular formula is C34H26FeN4O10-6. The second-order valence-corrected chi connectivity index (χ2v) is 12.2. The molecule has 2 aliphatic heterocycles. The molecule has 0 radical (unpaired) electrons. The van der Waals surface area contributed by atoms with Gasteiger partial charge in [-0.15, -0.1) is 22.1 Å². The van der Waals surface area contributed by atoms with Gasteiger partial charge in [0.2, 0.25) is 0 Å². The molecule has 0 unspecified atom stereocenters. The molecule has 3 aromatic heterocycles. The number of fused-ring (bicyclic) bond motifs is 8. The summed E-state index contributed by atoms with van der Waals surface area (Å²) in [4.78, 5) is 92.0. The van der Waals surface area contributed by atoms with Crippen LogP contribution < -0.4 is 30.4 Å². The largest absolute Gasteiger partial charge is 0.657 e. The molecule has 5 heterocycles. The molecule has 14 nitrogen and oxygen atoms in total. The summed E-state index contributed by atoms with van der Waals surface area (Å²) in [5.41, 5.74) is -1.76. The van der Waals surface area contributed by atoms with Gasteiger partial charge in [-0.25, -0.2) is 9.97 Å². The van der Waals surface area contributed by atoms with Gasteiger partial charge in [0, 0.05) is 47.8 Å². The summed E-state index contributed by atoms with van der Waals surface area (Å²) in [6, 6.07) is 5.32. The molecule has 2 atom stereocenters. The first-order valence-corrected chi connectivity index (χ1v) is 14.7. The van der Waals surface area contributed by atoms with Gasteiger partial charge in [0.05, 0.1) is 28.2 Å². The first kappa shape index (κ1) is 36.4. The third-order valence-corrected chi connectivity index (χ3v) is 8.83. The van der Waals surface area contributed by atoms with E-state index in [1.165, 1.54) is 38.1 Å². The van der Waals surface area contributed by atoms with E-state index in [1.807, 2.05) is 0 Å². The van der Waals surface area contributed by atoms with Gasteiger partial charge in [0.1, 0.15) is 11.4 Å². The molecular weight excluding hydrogens is 680 g/mol. The summed E-state index contributed by atoms with van der Waals surface area (Å²) in [5, 5.41) is 46.4. The molecule has 0 N–H and O–H groups in total. The van der Waals surface area contributed by atoms with Crippen molar-refractivity contribution in [1.29, 1.82) is 0 Å². The number of hydrogen-bond donors (Lipinski definition) is 0. The fourth-order valence-corrected chi connectivity index (χ4v) is 6.07. The van der Waals surface area contributed by atoms with Crippen molar-refractivity contribution in [2.75, 3.05) is 0 Å². The van der Waals surface area contributed by atoms with Crippen LogP contribution in [0, 0.1) is 13.8 Å². The van der Waals surface area contributed by atoms with Crippen LogP contribution in [-0.4, -0.2) is 45.4 Å². The van der Waals surface area contributed by atoms with E-state index in [-0.39, 0.29) is 74.8 Å². The van der Waals surface area contributed by atoms with Crippen molar-refractivity contribution in [2.45, 2.75) is 64.2 Å². The number of hydrogen-bond acceptors (Lipinski definition) is 12. The van der Waals surface area contributed by atoms with Crippen molar-refractivity contribution in [1.82, 2.24) is 19.9 Å². The van der Waals surface area contributed by atoms with E-state index in [4.69, 9.17) is 0 Å². The van der Waals surface area contributed by atoms with Crippen molar-refractivity contribution in [3.8, 4) is 0 Å². The Morgan fingerprint density at radius 2 is 1.22 bits per heavy atom. The first-order valence-electron chi connectivity index (χ1n) is 14.7. The Kier molecular flexibility index (Phi) is 9.85. The van der Waals surface area contributed by atoms with Crippen LogP contribution in [0.3, 0.4) is 0 Å². The fraction of sp³-hybridized carbons (Fsp3) is 0.294. The van der Waals surface area contributed by atoms with Crippen LogP contribution in [0.25, 0.3) is 28.1 Å². The number of carbonyl (C=O) groups is 6. The molecule has 5 rings (SSSR count).